The number of amides is 1. The Morgan fingerprint density at radius 3 is 2.74 bits per heavy atom. The smallest absolute Gasteiger partial charge is 0.221 e. The topological polar surface area (TPSA) is 50.4 Å². The van der Waals surface area contributed by atoms with Crippen molar-refractivity contribution in [1.29, 1.82) is 0 Å². The Bertz CT molecular complexity index is 685. The fourth-order valence-corrected chi connectivity index (χ4v) is 2.94. The first-order chi connectivity index (χ1) is 11.1. The van der Waals surface area contributed by atoms with E-state index in [1.165, 1.54) is 12.5 Å². The maximum Gasteiger partial charge on any atom is 0.221 e. The zero-order valence-electron chi connectivity index (χ0n) is 13.5. The predicted molar refractivity (Wildman–Crippen MR) is 92.3 cm³/mol. The second-order valence-electron chi connectivity index (χ2n) is 6.06. The van der Waals surface area contributed by atoms with Crippen molar-refractivity contribution in [1.82, 2.24) is 0 Å². The Labute approximate surface area is 136 Å². The van der Waals surface area contributed by atoms with Crippen LogP contribution < -0.4 is 10.6 Å². The van der Waals surface area contributed by atoms with Gasteiger partial charge in [0, 0.05) is 24.2 Å². The van der Waals surface area contributed by atoms with Gasteiger partial charge in [-0.2, -0.15) is 0 Å². The number of anilines is 2. The van der Waals surface area contributed by atoms with Crippen LogP contribution in [0.5, 0.6) is 0 Å². The lowest BCUT2D eigenvalue weighted by atomic mass is 9.92. The lowest BCUT2D eigenvalue weighted by molar-refractivity contribution is -0.114. The van der Waals surface area contributed by atoms with Gasteiger partial charge in [-0.3, -0.25) is 4.79 Å². The number of fused-ring (bicyclic) bond motifs is 1. The molecule has 23 heavy (non-hydrogen) atoms. The number of ether oxygens (including phenoxy) is 1. The summed E-state index contributed by atoms with van der Waals surface area (Å²) in [6.45, 7) is 4.28. The van der Waals surface area contributed by atoms with Crippen molar-refractivity contribution in [2.45, 2.75) is 33.1 Å². The molecule has 1 amide bonds. The summed E-state index contributed by atoms with van der Waals surface area (Å²) in [5, 5.41) is 6.36. The molecule has 0 saturated heterocycles. The van der Waals surface area contributed by atoms with Crippen LogP contribution in [-0.4, -0.2) is 12.1 Å². The number of carbonyl (C=O) groups is 1. The highest BCUT2D eigenvalue weighted by atomic mass is 16.5. The highest BCUT2D eigenvalue weighted by molar-refractivity contribution is 5.90. The molecule has 2 aromatic carbocycles. The van der Waals surface area contributed by atoms with Crippen molar-refractivity contribution >= 4 is 17.3 Å². The highest BCUT2D eigenvalue weighted by Gasteiger charge is 2.27. The van der Waals surface area contributed by atoms with Gasteiger partial charge in [0.2, 0.25) is 5.91 Å². The maximum atomic E-state index is 11.3. The normalized spacial score (nSPS) is 19.6. The lowest BCUT2D eigenvalue weighted by Crippen LogP contribution is -2.36. The summed E-state index contributed by atoms with van der Waals surface area (Å²) in [5.74, 6) is 0.273. The van der Waals surface area contributed by atoms with Gasteiger partial charge in [0.25, 0.3) is 0 Å². The average molecular weight is 310 g/mol. The number of rotatable bonds is 4. The molecular formula is C19H22N2O2. The fraction of sp³-hybridized carbons (Fsp3) is 0.316. The molecule has 1 aliphatic heterocycles. The molecule has 2 N–H and O–H groups in total. The van der Waals surface area contributed by atoms with Crippen molar-refractivity contribution in [3.63, 3.8) is 0 Å². The van der Waals surface area contributed by atoms with Crippen LogP contribution in [0.15, 0.2) is 48.5 Å². The second kappa shape index (κ2) is 6.84. The molecule has 0 radical (unpaired) electrons. The third-order valence-electron chi connectivity index (χ3n) is 4.10. The maximum absolute atomic E-state index is 11.3. The summed E-state index contributed by atoms with van der Waals surface area (Å²) >= 11 is 0. The van der Waals surface area contributed by atoms with Crippen LogP contribution in [0.1, 0.15) is 25.0 Å². The molecule has 0 bridgehead atoms. The predicted octanol–water partition coefficient (Wildman–Crippen LogP) is 3.79. The molecule has 0 aromatic heterocycles. The van der Waals surface area contributed by atoms with Crippen LogP contribution in [0.3, 0.4) is 0 Å². The van der Waals surface area contributed by atoms with Crippen molar-refractivity contribution in [3.8, 4) is 0 Å². The van der Waals surface area contributed by atoms with E-state index in [1.54, 1.807) is 0 Å². The van der Waals surface area contributed by atoms with E-state index in [0.29, 0.717) is 12.5 Å². The first kappa shape index (κ1) is 15.6. The van der Waals surface area contributed by atoms with Gasteiger partial charge in [0.1, 0.15) is 6.23 Å². The third-order valence-corrected chi connectivity index (χ3v) is 4.10. The van der Waals surface area contributed by atoms with Gasteiger partial charge in [-0.15, -0.1) is 0 Å². The van der Waals surface area contributed by atoms with Gasteiger partial charge in [-0.1, -0.05) is 43.3 Å². The average Bonchev–Trinajstić information content (AvgIpc) is 2.54. The fourth-order valence-electron chi connectivity index (χ4n) is 2.94. The number of carbonyl (C=O) groups excluding carboxylic acids is 1. The van der Waals surface area contributed by atoms with E-state index < -0.39 is 0 Å². The third kappa shape index (κ3) is 3.71. The molecule has 0 spiro atoms. The molecule has 3 rings (SSSR count). The van der Waals surface area contributed by atoms with Crippen molar-refractivity contribution in [2.75, 3.05) is 10.6 Å². The van der Waals surface area contributed by atoms with E-state index in [2.05, 4.69) is 29.7 Å². The first-order valence-electron chi connectivity index (χ1n) is 7.95. The Morgan fingerprint density at radius 1 is 1.22 bits per heavy atom. The molecule has 1 aliphatic rings. The van der Waals surface area contributed by atoms with Crippen LogP contribution >= 0.6 is 0 Å². The zero-order chi connectivity index (χ0) is 16.2. The van der Waals surface area contributed by atoms with Gasteiger partial charge < -0.3 is 15.4 Å². The lowest BCUT2D eigenvalue weighted by Gasteiger charge is -2.33. The zero-order valence-corrected chi connectivity index (χ0v) is 13.5. The summed E-state index contributed by atoms with van der Waals surface area (Å²) in [7, 11) is 0. The van der Waals surface area contributed by atoms with E-state index in [9.17, 15) is 4.79 Å². The van der Waals surface area contributed by atoms with E-state index >= 15 is 0 Å². The highest BCUT2D eigenvalue weighted by Crippen LogP contribution is 2.34. The van der Waals surface area contributed by atoms with Crippen LogP contribution in [0.2, 0.25) is 0 Å². The van der Waals surface area contributed by atoms with E-state index in [1.807, 2.05) is 36.4 Å². The van der Waals surface area contributed by atoms with Crippen molar-refractivity contribution in [3.05, 3.63) is 59.7 Å². The number of benzene rings is 2. The summed E-state index contributed by atoms with van der Waals surface area (Å²) in [4.78, 5) is 11.3. The monoisotopic (exact) mass is 310 g/mol. The Morgan fingerprint density at radius 2 is 2.00 bits per heavy atom. The number of hydrogen-bond donors (Lipinski definition) is 2. The molecule has 2 aromatic rings. The molecule has 2 unspecified atom stereocenters. The quantitative estimate of drug-likeness (QED) is 0.903. The summed E-state index contributed by atoms with van der Waals surface area (Å²) in [6.07, 6.45) is 0.841. The summed E-state index contributed by atoms with van der Waals surface area (Å²) in [5.41, 5.74) is 4.23. The van der Waals surface area contributed by atoms with Gasteiger partial charge in [-0.05, 0) is 29.7 Å². The number of nitrogens with one attached hydrogen (secondary N) is 2. The molecule has 0 fully saturated rings. The molecule has 120 valence electrons. The van der Waals surface area contributed by atoms with Gasteiger partial charge in [0.05, 0.1) is 6.61 Å². The van der Waals surface area contributed by atoms with Crippen LogP contribution in [0, 0.1) is 5.92 Å². The molecule has 1 heterocycles. The minimum Gasteiger partial charge on any atom is -0.360 e. The van der Waals surface area contributed by atoms with Gasteiger partial charge >= 0.3 is 0 Å². The summed E-state index contributed by atoms with van der Waals surface area (Å²) < 4.78 is 6.06. The first-order valence-corrected chi connectivity index (χ1v) is 7.95. The molecular weight excluding hydrogens is 288 g/mol. The molecule has 4 heteroatoms. The Hall–Kier alpha value is -2.33. The molecule has 0 saturated carbocycles. The Kier molecular flexibility index (Phi) is 4.63. The van der Waals surface area contributed by atoms with Crippen LogP contribution in [0.4, 0.5) is 11.4 Å². The molecule has 4 nitrogen and oxygen atoms in total. The molecule has 2 atom stereocenters. The molecule has 0 aliphatic carbocycles. The largest absolute Gasteiger partial charge is 0.360 e. The minimum atomic E-state index is -0.0477. The van der Waals surface area contributed by atoms with E-state index in [-0.39, 0.29) is 12.1 Å². The minimum absolute atomic E-state index is 0.0321. The van der Waals surface area contributed by atoms with Crippen LogP contribution in [0.25, 0.3) is 0 Å². The van der Waals surface area contributed by atoms with E-state index in [4.69, 9.17) is 4.74 Å². The van der Waals surface area contributed by atoms with Gasteiger partial charge in [-0.25, -0.2) is 0 Å². The van der Waals surface area contributed by atoms with Gasteiger partial charge in [0.15, 0.2) is 0 Å². The van der Waals surface area contributed by atoms with E-state index in [0.717, 1.165) is 23.4 Å². The number of hydrogen-bond acceptors (Lipinski definition) is 3. The van der Waals surface area contributed by atoms with Crippen molar-refractivity contribution < 1.29 is 9.53 Å². The van der Waals surface area contributed by atoms with Crippen LogP contribution in [-0.2, 0) is 22.6 Å². The summed E-state index contributed by atoms with van der Waals surface area (Å²) in [6, 6.07) is 16.1. The van der Waals surface area contributed by atoms with Crippen molar-refractivity contribution in [2.24, 2.45) is 5.92 Å². The SMILES string of the molecule is CC(=O)Nc1cccc2c1CC(C)C(OCc1ccccc1)N2. The second-order valence-corrected chi connectivity index (χ2v) is 6.06. The standard InChI is InChI=1S/C19H22N2O2/c1-13-11-16-17(20-14(2)22)9-6-10-18(16)21-19(13)23-12-15-7-4-3-5-8-15/h3-10,13,19,21H,11-12H2,1-2H3,(H,20,22). The Balaban J connectivity index is 1.72.